The number of hydrogen-bond acceptors (Lipinski definition) is 10. The third-order valence-electron chi connectivity index (χ3n) is 5.51. The number of imidazole rings is 1. The number of aliphatic hydroxyl groups excluding tert-OH is 2. The van der Waals surface area contributed by atoms with Gasteiger partial charge in [-0.05, 0) is 19.3 Å². The second-order valence-electron chi connectivity index (χ2n) is 8.09. The van der Waals surface area contributed by atoms with Crippen molar-refractivity contribution in [3.8, 4) is 0 Å². The van der Waals surface area contributed by atoms with E-state index in [0.29, 0.717) is 37.0 Å². The van der Waals surface area contributed by atoms with Crippen LogP contribution < -0.4 is 21.7 Å². The molecule has 7 N–H and O–H groups in total. The number of ether oxygens (including phenoxy) is 1. The van der Waals surface area contributed by atoms with Crippen LogP contribution >= 0.6 is 0 Å². The minimum atomic E-state index is -1.26. The molecular formula is C20H30N8O6. The number of aromatic nitrogens is 4. The molecule has 3 heterocycles. The Morgan fingerprint density at radius 3 is 2.65 bits per heavy atom. The third kappa shape index (κ3) is 5.76. The van der Waals surface area contributed by atoms with Crippen LogP contribution in [0.5, 0.6) is 0 Å². The maximum absolute atomic E-state index is 13.0. The summed E-state index contributed by atoms with van der Waals surface area (Å²) in [5.74, 6) is -0.889. The molecule has 1 aliphatic heterocycles. The van der Waals surface area contributed by atoms with E-state index in [1.807, 2.05) is 0 Å². The molecule has 186 valence electrons. The monoisotopic (exact) mass is 478 g/mol. The first-order valence-electron chi connectivity index (χ1n) is 10.9. The first kappa shape index (κ1) is 25.3. The Labute approximate surface area is 195 Å². The normalized spacial score (nSPS) is 22.9. The number of unbranched alkanes of at least 4 members (excludes halogenated alkanes) is 1. The van der Waals surface area contributed by atoms with Gasteiger partial charge in [0.25, 0.3) is 0 Å². The average Bonchev–Trinajstić information content (AvgIpc) is 3.34. The van der Waals surface area contributed by atoms with Crippen molar-refractivity contribution in [1.29, 1.82) is 0 Å². The molecule has 0 saturated carbocycles. The van der Waals surface area contributed by atoms with Crippen LogP contribution in [0, 0.1) is 0 Å². The van der Waals surface area contributed by atoms with Crippen molar-refractivity contribution in [2.45, 2.75) is 63.6 Å². The molecule has 0 spiro atoms. The lowest BCUT2D eigenvalue weighted by Crippen LogP contribution is -2.54. The number of carbonyl (C=O) groups is 3. The summed E-state index contributed by atoms with van der Waals surface area (Å²) in [5.41, 5.74) is 6.47. The lowest BCUT2D eigenvalue weighted by Gasteiger charge is -2.24. The molecule has 14 nitrogen and oxygen atoms in total. The Kier molecular flexibility index (Phi) is 8.31. The number of nitrogens with one attached hydrogen (secondary N) is 3. The van der Waals surface area contributed by atoms with Crippen molar-refractivity contribution < 1.29 is 29.3 Å². The van der Waals surface area contributed by atoms with Gasteiger partial charge in [0.15, 0.2) is 17.7 Å². The van der Waals surface area contributed by atoms with Crippen molar-refractivity contribution in [3.63, 3.8) is 0 Å². The van der Waals surface area contributed by atoms with E-state index in [4.69, 9.17) is 10.5 Å². The van der Waals surface area contributed by atoms with Gasteiger partial charge in [0, 0.05) is 20.4 Å². The molecule has 1 saturated heterocycles. The number of anilines is 1. The predicted octanol–water partition coefficient (Wildman–Crippen LogP) is -2.04. The summed E-state index contributed by atoms with van der Waals surface area (Å²) in [4.78, 5) is 47.7. The van der Waals surface area contributed by atoms with E-state index in [2.05, 4.69) is 30.9 Å². The molecule has 0 aromatic carbocycles. The fourth-order valence-corrected chi connectivity index (χ4v) is 3.88. The van der Waals surface area contributed by atoms with Crippen LogP contribution in [0.2, 0.25) is 0 Å². The van der Waals surface area contributed by atoms with E-state index in [1.54, 1.807) is 0 Å². The van der Waals surface area contributed by atoms with Crippen LogP contribution in [-0.4, -0.2) is 84.9 Å². The summed E-state index contributed by atoms with van der Waals surface area (Å²) in [6.07, 6.45) is 0.977. The quantitative estimate of drug-likeness (QED) is 0.206. The van der Waals surface area contributed by atoms with Gasteiger partial charge in [0.1, 0.15) is 30.1 Å². The van der Waals surface area contributed by atoms with Gasteiger partial charge >= 0.3 is 0 Å². The molecule has 0 aliphatic carbocycles. The van der Waals surface area contributed by atoms with Crippen molar-refractivity contribution in [2.24, 2.45) is 0 Å². The maximum Gasteiger partial charge on any atom is 0.242 e. The number of aliphatic hydroxyl groups is 2. The molecular weight excluding hydrogens is 448 g/mol. The molecule has 2 aromatic heterocycles. The number of amides is 3. The second kappa shape index (κ2) is 11.2. The molecule has 14 heteroatoms. The molecule has 34 heavy (non-hydrogen) atoms. The number of nitrogens with zero attached hydrogens (tertiary/aromatic N) is 4. The molecule has 5 atom stereocenters. The Morgan fingerprint density at radius 1 is 1.21 bits per heavy atom. The Bertz CT molecular complexity index is 1030. The molecule has 1 fully saturated rings. The summed E-state index contributed by atoms with van der Waals surface area (Å²) in [6.45, 7) is 2.71. The summed E-state index contributed by atoms with van der Waals surface area (Å²) in [6, 6.07) is -1.82. The first-order valence-corrected chi connectivity index (χ1v) is 10.9. The highest BCUT2D eigenvalue weighted by atomic mass is 16.5. The van der Waals surface area contributed by atoms with E-state index >= 15 is 0 Å². The minimum absolute atomic E-state index is 0.143. The van der Waals surface area contributed by atoms with Gasteiger partial charge in [-0.1, -0.05) is 0 Å². The van der Waals surface area contributed by atoms with E-state index in [-0.39, 0.29) is 17.6 Å². The zero-order valence-electron chi connectivity index (χ0n) is 19.0. The molecule has 0 radical (unpaired) electrons. The van der Waals surface area contributed by atoms with Gasteiger partial charge in [-0.15, -0.1) is 0 Å². The number of nitrogen functional groups attached to an aromatic ring is 1. The average molecular weight is 479 g/mol. The Morgan fingerprint density at radius 2 is 1.97 bits per heavy atom. The smallest absolute Gasteiger partial charge is 0.242 e. The van der Waals surface area contributed by atoms with E-state index in [9.17, 15) is 24.6 Å². The number of nitrogens with two attached hydrogens (primary N) is 1. The summed E-state index contributed by atoms with van der Waals surface area (Å²) in [7, 11) is 0. The highest BCUT2D eigenvalue weighted by Crippen LogP contribution is 2.32. The van der Waals surface area contributed by atoms with Gasteiger partial charge in [0.2, 0.25) is 17.7 Å². The number of fused-ring (bicyclic) bond motifs is 1. The maximum atomic E-state index is 13.0. The molecule has 0 bridgehead atoms. The van der Waals surface area contributed by atoms with Gasteiger partial charge in [-0.3, -0.25) is 19.0 Å². The Hall–Kier alpha value is -3.36. The minimum Gasteiger partial charge on any atom is -0.394 e. The first-order chi connectivity index (χ1) is 16.2. The number of rotatable bonds is 10. The predicted molar refractivity (Wildman–Crippen MR) is 119 cm³/mol. The fourth-order valence-electron chi connectivity index (χ4n) is 3.88. The molecule has 0 unspecified atom stereocenters. The van der Waals surface area contributed by atoms with E-state index in [1.165, 1.54) is 31.1 Å². The van der Waals surface area contributed by atoms with Crippen molar-refractivity contribution in [3.05, 3.63) is 12.7 Å². The van der Waals surface area contributed by atoms with Crippen molar-refractivity contribution in [1.82, 2.24) is 35.5 Å². The van der Waals surface area contributed by atoms with Crippen molar-refractivity contribution >= 4 is 34.7 Å². The van der Waals surface area contributed by atoms with Gasteiger partial charge in [0.05, 0.1) is 19.0 Å². The number of hydrogen-bond donors (Lipinski definition) is 6. The van der Waals surface area contributed by atoms with Crippen LogP contribution in [0.1, 0.15) is 39.3 Å². The summed E-state index contributed by atoms with van der Waals surface area (Å²) >= 11 is 0. The van der Waals surface area contributed by atoms with Gasteiger partial charge < -0.3 is 36.6 Å². The zero-order chi connectivity index (χ0) is 24.8. The van der Waals surface area contributed by atoms with Crippen LogP contribution in [0.25, 0.3) is 11.2 Å². The molecule has 2 aromatic rings. The highest BCUT2D eigenvalue weighted by Gasteiger charge is 2.46. The molecule has 3 rings (SSSR count). The van der Waals surface area contributed by atoms with Crippen LogP contribution in [0.3, 0.4) is 0 Å². The lowest BCUT2D eigenvalue weighted by atomic mass is 10.0. The molecule has 1 aliphatic rings. The SMILES string of the molecule is CC(=O)NCCCC[C@H](NC(C)=O)C(=O)N[C@H]1[C@@H](O)[C@H](n2cnc3c(N)ncnc32)O[C@@H]1CO. The van der Waals surface area contributed by atoms with Crippen molar-refractivity contribution in [2.75, 3.05) is 18.9 Å². The van der Waals surface area contributed by atoms with Crippen LogP contribution in [0.15, 0.2) is 12.7 Å². The second-order valence-corrected chi connectivity index (χ2v) is 8.09. The molecule has 3 amide bonds. The Balaban J connectivity index is 1.70. The lowest BCUT2D eigenvalue weighted by molar-refractivity contribution is -0.129. The van der Waals surface area contributed by atoms with E-state index < -0.39 is 43.0 Å². The zero-order valence-corrected chi connectivity index (χ0v) is 19.0. The summed E-state index contributed by atoms with van der Waals surface area (Å²) in [5, 5.41) is 28.7. The highest BCUT2D eigenvalue weighted by molar-refractivity contribution is 5.87. The summed E-state index contributed by atoms with van der Waals surface area (Å²) < 4.78 is 7.26. The number of carbonyl (C=O) groups excluding carboxylic acids is 3. The van der Waals surface area contributed by atoms with Crippen LogP contribution in [-0.2, 0) is 19.1 Å². The van der Waals surface area contributed by atoms with Gasteiger partial charge in [-0.2, -0.15) is 0 Å². The third-order valence-corrected chi connectivity index (χ3v) is 5.51. The fraction of sp³-hybridized carbons (Fsp3) is 0.600. The standard InChI is InChI=1S/C20H30N8O6/c1-10(30)22-6-4-3-5-12(26-11(2)31)19(33)27-14-13(7-29)34-20(16(14)32)28-9-25-15-17(21)23-8-24-18(15)28/h8-9,12-14,16,20,29,32H,3-7H2,1-2H3,(H,22,30)(H,26,31)(H,27,33)(H2,21,23,24)/t12-,13+,14+,16+,20+/m0/s1. The largest absolute Gasteiger partial charge is 0.394 e. The van der Waals surface area contributed by atoms with Crippen LogP contribution in [0.4, 0.5) is 5.82 Å². The van der Waals surface area contributed by atoms with Gasteiger partial charge in [-0.25, -0.2) is 15.0 Å². The topological polar surface area (TPSA) is 207 Å². The van der Waals surface area contributed by atoms with E-state index in [0.717, 1.165) is 0 Å².